The third kappa shape index (κ3) is 2.67. The molecule has 0 saturated carbocycles. The Kier molecular flexibility index (Phi) is 3.42. The molecular formula is C11H11N7OS. The topological polar surface area (TPSA) is 106 Å². The van der Waals surface area contributed by atoms with Crippen molar-refractivity contribution in [3.8, 4) is 11.6 Å². The Balaban J connectivity index is 1.79. The average molecular weight is 289 g/mol. The van der Waals surface area contributed by atoms with Gasteiger partial charge in [-0.1, -0.05) is 16.9 Å². The maximum Gasteiger partial charge on any atom is 0.240 e. The van der Waals surface area contributed by atoms with Gasteiger partial charge in [-0.2, -0.15) is 10.1 Å². The van der Waals surface area contributed by atoms with Gasteiger partial charge in [0.25, 0.3) is 0 Å². The number of aromatic amines is 1. The molecule has 0 aliphatic rings. The molecule has 0 radical (unpaired) electrons. The predicted molar refractivity (Wildman–Crippen MR) is 70.7 cm³/mol. The van der Waals surface area contributed by atoms with Gasteiger partial charge in [-0.05, 0) is 19.9 Å². The van der Waals surface area contributed by atoms with E-state index in [1.165, 1.54) is 18.1 Å². The van der Waals surface area contributed by atoms with Crippen LogP contribution in [0.1, 0.15) is 23.8 Å². The van der Waals surface area contributed by atoms with Gasteiger partial charge in [-0.25, -0.2) is 15.0 Å². The van der Waals surface area contributed by atoms with E-state index in [4.69, 9.17) is 4.52 Å². The van der Waals surface area contributed by atoms with Crippen LogP contribution in [0.15, 0.2) is 28.3 Å². The number of rotatable bonds is 4. The molecule has 1 atom stereocenters. The van der Waals surface area contributed by atoms with Crippen LogP contribution < -0.4 is 0 Å². The smallest absolute Gasteiger partial charge is 0.240 e. The van der Waals surface area contributed by atoms with E-state index in [9.17, 15) is 0 Å². The molecule has 9 heteroatoms. The highest BCUT2D eigenvalue weighted by Crippen LogP contribution is 2.31. The molecule has 0 aliphatic heterocycles. The van der Waals surface area contributed by atoms with E-state index in [0.717, 1.165) is 5.69 Å². The minimum absolute atomic E-state index is 0.0472. The molecule has 0 aliphatic carbocycles. The summed E-state index contributed by atoms with van der Waals surface area (Å²) in [6.45, 7) is 3.83. The Morgan fingerprint density at radius 1 is 1.25 bits per heavy atom. The molecule has 0 aromatic carbocycles. The van der Waals surface area contributed by atoms with Gasteiger partial charge in [0.2, 0.25) is 17.5 Å². The molecule has 3 rings (SSSR count). The fourth-order valence-electron chi connectivity index (χ4n) is 1.52. The van der Waals surface area contributed by atoms with Crippen molar-refractivity contribution in [2.45, 2.75) is 24.3 Å². The zero-order valence-electron chi connectivity index (χ0n) is 10.8. The number of nitrogens with one attached hydrogen (secondary N) is 1. The molecule has 3 aromatic rings. The molecule has 0 spiro atoms. The maximum absolute atomic E-state index is 5.25. The maximum atomic E-state index is 5.25. The van der Waals surface area contributed by atoms with Crippen LogP contribution in [0, 0.1) is 6.92 Å². The van der Waals surface area contributed by atoms with Crippen molar-refractivity contribution < 1.29 is 4.52 Å². The summed E-state index contributed by atoms with van der Waals surface area (Å²) in [6.07, 6.45) is 3.12. The lowest BCUT2D eigenvalue weighted by atomic mass is 10.4. The number of aryl methyl sites for hydroxylation is 1. The summed E-state index contributed by atoms with van der Waals surface area (Å²) < 4.78 is 5.25. The lowest BCUT2D eigenvalue weighted by Gasteiger charge is -2.01. The molecule has 8 nitrogen and oxygen atoms in total. The van der Waals surface area contributed by atoms with Crippen molar-refractivity contribution in [3.63, 3.8) is 0 Å². The average Bonchev–Trinajstić information content (AvgIpc) is 3.09. The first-order valence-electron chi connectivity index (χ1n) is 5.88. The van der Waals surface area contributed by atoms with Gasteiger partial charge in [0.1, 0.15) is 6.33 Å². The summed E-state index contributed by atoms with van der Waals surface area (Å²) >= 11 is 1.45. The number of hydrogen-bond acceptors (Lipinski definition) is 8. The van der Waals surface area contributed by atoms with Gasteiger partial charge in [0.15, 0.2) is 5.16 Å². The second-order valence-corrected chi connectivity index (χ2v) is 5.36. The van der Waals surface area contributed by atoms with Crippen LogP contribution in [0.5, 0.6) is 0 Å². The Labute approximate surface area is 118 Å². The van der Waals surface area contributed by atoms with Gasteiger partial charge >= 0.3 is 0 Å². The van der Waals surface area contributed by atoms with Crippen LogP contribution in [0.4, 0.5) is 0 Å². The Hall–Kier alpha value is -2.29. The first kappa shape index (κ1) is 12.7. The summed E-state index contributed by atoms with van der Waals surface area (Å²) in [5, 5.41) is 11.1. The second-order valence-electron chi connectivity index (χ2n) is 4.03. The monoisotopic (exact) mass is 289 g/mol. The molecule has 3 aromatic heterocycles. The van der Waals surface area contributed by atoms with E-state index in [-0.39, 0.29) is 5.25 Å². The highest BCUT2D eigenvalue weighted by atomic mass is 32.2. The van der Waals surface area contributed by atoms with Gasteiger partial charge in [-0.3, -0.25) is 5.10 Å². The third-order valence-corrected chi connectivity index (χ3v) is 3.44. The van der Waals surface area contributed by atoms with Crippen LogP contribution in [-0.2, 0) is 0 Å². The number of nitrogens with zero attached hydrogens (tertiary/aromatic N) is 6. The van der Waals surface area contributed by atoms with Crippen molar-refractivity contribution in [2.75, 3.05) is 0 Å². The highest BCUT2D eigenvalue weighted by molar-refractivity contribution is 7.99. The third-order valence-electron chi connectivity index (χ3n) is 2.47. The van der Waals surface area contributed by atoms with E-state index in [1.54, 1.807) is 6.20 Å². The van der Waals surface area contributed by atoms with Gasteiger partial charge in [0.05, 0.1) is 5.25 Å². The van der Waals surface area contributed by atoms with Crippen LogP contribution in [0.2, 0.25) is 0 Å². The molecule has 0 bridgehead atoms. The molecule has 102 valence electrons. The van der Waals surface area contributed by atoms with Crippen molar-refractivity contribution in [1.29, 1.82) is 0 Å². The largest absolute Gasteiger partial charge is 0.338 e. The van der Waals surface area contributed by atoms with Crippen LogP contribution in [0.25, 0.3) is 11.6 Å². The Morgan fingerprint density at radius 2 is 2.15 bits per heavy atom. The van der Waals surface area contributed by atoms with Crippen molar-refractivity contribution in [3.05, 3.63) is 30.2 Å². The van der Waals surface area contributed by atoms with E-state index in [1.807, 2.05) is 19.9 Å². The fourth-order valence-corrected chi connectivity index (χ4v) is 2.26. The number of aromatic nitrogens is 7. The summed E-state index contributed by atoms with van der Waals surface area (Å²) in [4.78, 5) is 16.7. The van der Waals surface area contributed by atoms with E-state index >= 15 is 0 Å². The first-order valence-corrected chi connectivity index (χ1v) is 6.76. The van der Waals surface area contributed by atoms with Gasteiger partial charge in [0, 0.05) is 11.9 Å². The molecule has 3 heterocycles. The predicted octanol–water partition coefficient (Wildman–Crippen LogP) is 1.81. The van der Waals surface area contributed by atoms with E-state index in [2.05, 4.69) is 35.3 Å². The SMILES string of the molecule is Cc1ccnc(-c2noc(C(C)Sc3ncn[nH]3)n2)n1. The fraction of sp³-hybridized carbons (Fsp3) is 0.273. The summed E-state index contributed by atoms with van der Waals surface area (Å²) in [5.74, 6) is 1.33. The zero-order chi connectivity index (χ0) is 13.9. The molecule has 1 N–H and O–H groups in total. The first-order chi connectivity index (χ1) is 9.72. The second kappa shape index (κ2) is 5.37. The lowest BCUT2D eigenvalue weighted by Crippen LogP contribution is -1.93. The minimum atomic E-state index is -0.0472. The molecule has 0 amide bonds. The molecular weight excluding hydrogens is 278 g/mol. The van der Waals surface area contributed by atoms with Crippen LogP contribution >= 0.6 is 11.8 Å². The van der Waals surface area contributed by atoms with Crippen molar-refractivity contribution >= 4 is 11.8 Å². The Bertz CT molecular complexity index is 696. The molecule has 0 saturated heterocycles. The van der Waals surface area contributed by atoms with Crippen molar-refractivity contribution in [2.24, 2.45) is 0 Å². The van der Waals surface area contributed by atoms with Crippen LogP contribution in [0.3, 0.4) is 0 Å². The van der Waals surface area contributed by atoms with E-state index in [0.29, 0.717) is 22.7 Å². The van der Waals surface area contributed by atoms with E-state index < -0.39 is 0 Å². The van der Waals surface area contributed by atoms with Gasteiger partial charge < -0.3 is 4.52 Å². The number of thioether (sulfide) groups is 1. The zero-order valence-corrected chi connectivity index (χ0v) is 11.6. The normalized spacial score (nSPS) is 12.5. The summed E-state index contributed by atoms with van der Waals surface area (Å²) in [6, 6.07) is 1.81. The quantitative estimate of drug-likeness (QED) is 0.725. The Morgan fingerprint density at radius 3 is 2.90 bits per heavy atom. The number of hydrogen-bond donors (Lipinski definition) is 1. The standard InChI is InChI=1S/C11H11N7OS/c1-6-3-4-12-8(15-6)9-16-10(19-18-9)7(2)20-11-13-5-14-17-11/h3-5,7H,1-2H3,(H,13,14,17). The lowest BCUT2D eigenvalue weighted by molar-refractivity contribution is 0.380. The summed E-state index contributed by atoms with van der Waals surface area (Å²) in [5.41, 5.74) is 0.852. The highest BCUT2D eigenvalue weighted by Gasteiger charge is 2.18. The minimum Gasteiger partial charge on any atom is -0.338 e. The number of H-pyrrole nitrogens is 1. The van der Waals surface area contributed by atoms with Gasteiger partial charge in [-0.15, -0.1) is 0 Å². The molecule has 1 unspecified atom stereocenters. The summed E-state index contributed by atoms with van der Waals surface area (Å²) in [7, 11) is 0. The molecule has 20 heavy (non-hydrogen) atoms. The molecule has 0 fully saturated rings. The van der Waals surface area contributed by atoms with Crippen molar-refractivity contribution in [1.82, 2.24) is 35.3 Å². The van der Waals surface area contributed by atoms with Crippen LogP contribution in [-0.4, -0.2) is 35.3 Å².